The van der Waals surface area contributed by atoms with E-state index >= 15 is 0 Å². The molecule has 0 aromatic heterocycles. The highest BCUT2D eigenvalue weighted by atomic mass is 79.9. The zero-order valence-corrected chi connectivity index (χ0v) is 11.0. The molecule has 5 nitrogen and oxygen atoms in total. The van der Waals surface area contributed by atoms with Crippen molar-refractivity contribution in [2.24, 2.45) is 5.73 Å². The Morgan fingerprint density at radius 2 is 2.24 bits per heavy atom. The Bertz CT molecular complexity index is 472. The van der Waals surface area contributed by atoms with Gasteiger partial charge in [0.05, 0.1) is 14.9 Å². The van der Waals surface area contributed by atoms with Crippen molar-refractivity contribution >= 4 is 21.6 Å². The monoisotopic (exact) mass is 300 g/mol. The maximum absolute atomic E-state index is 10.9. The van der Waals surface area contributed by atoms with Gasteiger partial charge in [-0.25, -0.2) is 0 Å². The van der Waals surface area contributed by atoms with Crippen molar-refractivity contribution in [2.75, 3.05) is 6.61 Å². The molecular formula is C11H13BrN2O3. The van der Waals surface area contributed by atoms with Crippen LogP contribution in [-0.4, -0.2) is 17.1 Å². The van der Waals surface area contributed by atoms with Gasteiger partial charge in [0.1, 0.15) is 6.61 Å². The fourth-order valence-electron chi connectivity index (χ4n) is 1.51. The predicted octanol–water partition coefficient (Wildman–Crippen LogP) is 2.54. The van der Waals surface area contributed by atoms with Gasteiger partial charge in [0.15, 0.2) is 0 Å². The number of rotatable bonds is 4. The molecule has 0 saturated heterocycles. The quantitative estimate of drug-likeness (QED) is 0.684. The van der Waals surface area contributed by atoms with Gasteiger partial charge in [-0.15, -0.1) is 0 Å². The second kappa shape index (κ2) is 4.27. The van der Waals surface area contributed by atoms with Crippen LogP contribution in [0.2, 0.25) is 0 Å². The first-order valence-corrected chi connectivity index (χ1v) is 6.07. The number of benzene rings is 1. The molecule has 1 aliphatic carbocycles. The molecule has 0 radical (unpaired) electrons. The highest BCUT2D eigenvalue weighted by molar-refractivity contribution is 9.10. The fourth-order valence-corrected chi connectivity index (χ4v) is 2.19. The minimum atomic E-state index is -0.441. The van der Waals surface area contributed by atoms with Crippen molar-refractivity contribution in [1.82, 2.24) is 0 Å². The van der Waals surface area contributed by atoms with Gasteiger partial charge < -0.3 is 10.5 Å². The number of halogens is 1. The van der Waals surface area contributed by atoms with Crippen LogP contribution in [0.3, 0.4) is 0 Å². The number of ether oxygens (including phenoxy) is 1. The van der Waals surface area contributed by atoms with Gasteiger partial charge in [0, 0.05) is 6.07 Å². The van der Waals surface area contributed by atoms with Gasteiger partial charge in [-0.05, 0) is 47.3 Å². The highest BCUT2D eigenvalue weighted by Crippen LogP contribution is 2.39. The lowest BCUT2D eigenvalue weighted by molar-refractivity contribution is -0.386. The maximum Gasteiger partial charge on any atom is 0.312 e. The summed E-state index contributed by atoms with van der Waals surface area (Å²) in [6.07, 6.45) is 1.81. The van der Waals surface area contributed by atoms with Crippen molar-refractivity contribution in [2.45, 2.75) is 25.3 Å². The summed E-state index contributed by atoms with van der Waals surface area (Å²) in [4.78, 5) is 10.5. The second-order valence-corrected chi connectivity index (χ2v) is 5.36. The highest BCUT2D eigenvalue weighted by Gasteiger charge is 2.39. The average Bonchev–Trinajstić information content (AvgIpc) is 2.94. The normalized spacial score (nSPS) is 16.6. The van der Waals surface area contributed by atoms with E-state index in [0.29, 0.717) is 11.1 Å². The van der Waals surface area contributed by atoms with E-state index in [1.165, 1.54) is 6.07 Å². The smallest absolute Gasteiger partial charge is 0.312 e. The molecule has 0 spiro atoms. The third kappa shape index (κ3) is 2.76. The standard InChI is InChI=1S/C11H13BrN2O3/c1-7-4-8(12)10(9(5-7)14(15)16)17-6-11(13)2-3-11/h4-5H,2-3,6,13H2,1H3. The summed E-state index contributed by atoms with van der Waals surface area (Å²) < 4.78 is 6.09. The summed E-state index contributed by atoms with van der Waals surface area (Å²) in [5.41, 5.74) is 6.38. The number of hydrogen-bond acceptors (Lipinski definition) is 4. The Balaban J connectivity index is 2.27. The van der Waals surface area contributed by atoms with Crippen molar-refractivity contribution in [3.05, 3.63) is 32.3 Å². The van der Waals surface area contributed by atoms with Crippen LogP contribution in [0.25, 0.3) is 0 Å². The zero-order chi connectivity index (χ0) is 12.6. The molecule has 2 rings (SSSR count). The molecule has 17 heavy (non-hydrogen) atoms. The molecule has 1 aromatic rings. The summed E-state index contributed by atoms with van der Waals surface area (Å²) in [5.74, 6) is 0.261. The largest absolute Gasteiger partial charge is 0.484 e. The van der Waals surface area contributed by atoms with Gasteiger partial charge in [-0.1, -0.05) is 0 Å². The molecule has 0 unspecified atom stereocenters. The number of hydrogen-bond donors (Lipinski definition) is 1. The van der Waals surface area contributed by atoms with Gasteiger partial charge in [-0.3, -0.25) is 10.1 Å². The lowest BCUT2D eigenvalue weighted by Gasteiger charge is -2.13. The number of nitro benzene ring substituents is 1. The van der Waals surface area contributed by atoms with E-state index in [1.807, 2.05) is 0 Å². The Morgan fingerprint density at radius 3 is 2.76 bits per heavy atom. The van der Waals surface area contributed by atoms with Gasteiger partial charge in [-0.2, -0.15) is 0 Å². The molecule has 0 bridgehead atoms. The van der Waals surface area contributed by atoms with Crippen LogP contribution in [0.15, 0.2) is 16.6 Å². The predicted molar refractivity (Wildman–Crippen MR) is 67.2 cm³/mol. The molecule has 1 aliphatic rings. The lowest BCUT2D eigenvalue weighted by atomic mass is 10.2. The van der Waals surface area contributed by atoms with E-state index in [0.717, 1.165) is 18.4 Å². The molecule has 92 valence electrons. The minimum Gasteiger partial charge on any atom is -0.484 e. The summed E-state index contributed by atoms with van der Waals surface area (Å²) in [6.45, 7) is 2.11. The Hall–Kier alpha value is -1.14. The molecule has 1 saturated carbocycles. The molecule has 0 heterocycles. The third-order valence-corrected chi connectivity index (χ3v) is 3.35. The molecular weight excluding hydrogens is 288 g/mol. The topological polar surface area (TPSA) is 78.4 Å². The molecule has 6 heteroatoms. The average molecular weight is 301 g/mol. The molecule has 1 aromatic carbocycles. The van der Waals surface area contributed by atoms with Gasteiger partial charge in [0.2, 0.25) is 5.75 Å². The third-order valence-electron chi connectivity index (χ3n) is 2.76. The Morgan fingerprint density at radius 1 is 1.59 bits per heavy atom. The molecule has 1 fully saturated rings. The summed E-state index contributed by atoms with van der Waals surface area (Å²) >= 11 is 3.28. The van der Waals surface area contributed by atoms with Crippen molar-refractivity contribution in [3.63, 3.8) is 0 Å². The summed E-state index contributed by atoms with van der Waals surface area (Å²) in [7, 11) is 0. The summed E-state index contributed by atoms with van der Waals surface area (Å²) in [5, 5.41) is 10.9. The van der Waals surface area contributed by atoms with Crippen LogP contribution in [0, 0.1) is 17.0 Å². The number of nitrogens with zero attached hydrogens (tertiary/aromatic N) is 1. The maximum atomic E-state index is 10.9. The van der Waals surface area contributed by atoms with Crippen molar-refractivity contribution in [1.29, 1.82) is 0 Å². The number of aryl methyl sites for hydroxylation is 1. The summed E-state index contributed by atoms with van der Waals surface area (Å²) in [6, 6.07) is 3.29. The Labute approximate surface area is 107 Å². The van der Waals surface area contributed by atoms with Crippen LogP contribution < -0.4 is 10.5 Å². The van der Waals surface area contributed by atoms with E-state index in [2.05, 4.69) is 15.9 Å². The fraction of sp³-hybridized carbons (Fsp3) is 0.455. The lowest BCUT2D eigenvalue weighted by Crippen LogP contribution is -2.30. The van der Waals surface area contributed by atoms with E-state index in [9.17, 15) is 10.1 Å². The first kappa shape index (κ1) is 12.3. The van der Waals surface area contributed by atoms with Crippen molar-refractivity contribution < 1.29 is 9.66 Å². The van der Waals surface area contributed by atoms with Crippen LogP contribution in [0.5, 0.6) is 5.75 Å². The zero-order valence-electron chi connectivity index (χ0n) is 9.40. The van der Waals surface area contributed by atoms with Crippen LogP contribution in [-0.2, 0) is 0 Å². The van der Waals surface area contributed by atoms with Gasteiger partial charge >= 0.3 is 5.69 Å². The van der Waals surface area contributed by atoms with Crippen LogP contribution in [0.4, 0.5) is 5.69 Å². The second-order valence-electron chi connectivity index (χ2n) is 4.50. The molecule has 0 atom stereocenters. The van der Waals surface area contributed by atoms with Crippen LogP contribution in [0.1, 0.15) is 18.4 Å². The SMILES string of the molecule is Cc1cc(Br)c(OCC2(N)CC2)c([N+](=O)[O-])c1. The van der Waals surface area contributed by atoms with E-state index in [4.69, 9.17) is 10.5 Å². The molecule has 0 aliphatic heterocycles. The van der Waals surface area contributed by atoms with Crippen molar-refractivity contribution in [3.8, 4) is 5.75 Å². The first-order valence-electron chi connectivity index (χ1n) is 5.27. The van der Waals surface area contributed by atoms with E-state index in [-0.39, 0.29) is 17.0 Å². The van der Waals surface area contributed by atoms with E-state index < -0.39 is 4.92 Å². The minimum absolute atomic E-state index is 0.0267. The molecule has 0 amide bonds. The Kier molecular flexibility index (Phi) is 3.09. The number of nitro groups is 1. The molecule has 2 N–H and O–H groups in total. The number of nitrogens with two attached hydrogens (primary N) is 1. The van der Waals surface area contributed by atoms with Crippen LogP contribution >= 0.6 is 15.9 Å². The van der Waals surface area contributed by atoms with E-state index in [1.54, 1.807) is 13.0 Å². The first-order chi connectivity index (χ1) is 7.91. The van der Waals surface area contributed by atoms with Gasteiger partial charge in [0.25, 0.3) is 0 Å².